The normalized spacial score (nSPS) is 21.6. The lowest BCUT2D eigenvalue weighted by Gasteiger charge is -2.14. The first-order valence-corrected chi connectivity index (χ1v) is 6.28. The van der Waals surface area contributed by atoms with Gasteiger partial charge in [-0.05, 0) is 25.8 Å². The molecular weight excluding hydrogens is 266 g/mol. The van der Waals surface area contributed by atoms with E-state index in [4.69, 9.17) is 14.6 Å². The molecule has 2 atom stereocenters. The van der Waals surface area contributed by atoms with Crippen molar-refractivity contribution in [2.45, 2.75) is 32.0 Å². The van der Waals surface area contributed by atoms with Gasteiger partial charge in [-0.1, -0.05) is 6.07 Å². The Hall–Kier alpha value is -2.15. The summed E-state index contributed by atoms with van der Waals surface area (Å²) in [6, 6.07) is 3.82. The molecule has 1 fully saturated rings. The molecule has 1 saturated heterocycles. The topological polar surface area (TPSA) is 98.9 Å². The van der Waals surface area contributed by atoms with Gasteiger partial charge in [-0.3, -0.25) is 10.1 Å². The number of nitro groups is 1. The number of carboxylic acid groups (broad SMARTS) is 1. The van der Waals surface area contributed by atoms with E-state index in [1.807, 2.05) is 6.92 Å². The van der Waals surface area contributed by atoms with Crippen molar-refractivity contribution in [3.05, 3.63) is 33.9 Å². The van der Waals surface area contributed by atoms with Gasteiger partial charge in [0.05, 0.1) is 17.1 Å². The van der Waals surface area contributed by atoms with Crippen molar-refractivity contribution in [3.63, 3.8) is 0 Å². The van der Waals surface area contributed by atoms with Gasteiger partial charge >= 0.3 is 11.7 Å². The molecule has 1 aliphatic rings. The van der Waals surface area contributed by atoms with Crippen molar-refractivity contribution in [1.82, 2.24) is 0 Å². The van der Waals surface area contributed by atoms with Gasteiger partial charge in [0, 0.05) is 6.07 Å². The third kappa shape index (κ3) is 3.05. The first-order valence-electron chi connectivity index (χ1n) is 6.28. The average Bonchev–Trinajstić information content (AvgIpc) is 2.81. The predicted molar refractivity (Wildman–Crippen MR) is 69.1 cm³/mol. The van der Waals surface area contributed by atoms with E-state index in [1.165, 1.54) is 18.2 Å². The van der Waals surface area contributed by atoms with Crippen LogP contribution in [0.25, 0.3) is 0 Å². The molecule has 0 aliphatic carbocycles. The molecule has 0 aromatic heterocycles. The Balaban J connectivity index is 2.19. The van der Waals surface area contributed by atoms with Crippen molar-refractivity contribution in [3.8, 4) is 5.75 Å². The second kappa shape index (κ2) is 5.87. The van der Waals surface area contributed by atoms with E-state index in [1.54, 1.807) is 0 Å². The van der Waals surface area contributed by atoms with E-state index in [0.717, 1.165) is 12.8 Å². The van der Waals surface area contributed by atoms with Gasteiger partial charge in [-0.15, -0.1) is 0 Å². The molecule has 1 aromatic rings. The number of benzene rings is 1. The molecular formula is C13H15NO6. The highest BCUT2D eigenvalue weighted by Crippen LogP contribution is 2.32. The van der Waals surface area contributed by atoms with E-state index in [-0.39, 0.29) is 35.8 Å². The number of rotatable bonds is 5. The molecule has 1 N–H and O–H groups in total. The minimum atomic E-state index is -1.26. The van der Waals surface area contributed by atoms with Crippen LogP contribution in [0.2, 0.25) is 0 Å². The molecule has 2 unspecified atom stereocenters. The number of hydrogen-bond donors (Lipinski definition) is 1. The Kier molecular flexibility index (Phi) is 4.19. The molecule has 1 heterocycles. The van der Waals surface area contributed by atoms with Crippen LogP contribution in [0.4, 0.5) is 5.69 Å². The fraction of sp³-hybridized carbons (Fsp3) is 0.462. The van der Waals surface area contributed by atoms with Gasteiger partial charge < -0.3 is 14.6 Å². The zero-order valence-corrected chi connectivity index (χ0v) is 10.9. The summed E-state index contributed by atoms with van der Waals surface area (Å²) >= 11 is 0. The average molecular weight is 281 g/mol. The molecule has 108 valence electrons. The van der Waals surface area contributed by atoms with Crippen LogP contribution in [-0.4, -0.2) is 34.8 Å². The monoisotopic (exact) mass is 281 g/mol. The van der Waals surface area contributed by atoms with Gasteiger partial charge in [0.1, 0.15) is 12.2 Å². The molecule has 0 bridgehead atoms. The van der Waals surface area contributed by atoms with E-state index >= 15 is 0 Å². The number of hydrogen-bond acceptors (Lipinski definition) is 5. The van der Waals surface area contributed by atoms with Gasteiger partial charge in [0.25, 0.3) is 0 Å². The van der Waals surface area contributed by atoms with Crippen molar-refractivity contribution >= 4 is 11.7 Å². The van der Waals surface area contributed by atoms with Crippen LogP contribution in [0.3, 0.4) is 0 Å². The second-order valence-corrected chi connectivity index (χ2v) is 4.67. The van der Waals surface area contributed by atoms with Gasteiger partial charge in [-0.25, -0.2) is 4.79 Å². The highest BCUT2D eigenvalue weighted by atomic mass is 16.6. The van der Waals surface area contributed by atoms with Crippen molar-refractivity contribution in [1.29, 1.82) is 0 Å². The van der Waals surface area contributed by atoms with Gasteiger partial charge in [0.2, 0.25) is 5.75 Å². The molecule has 1 aromatic carbocycles. The molecule has 1 aliphatic heterocycles. The summed E-state index contributed by atoms with van der Waals surface area (Å²) < 4.78 is 10.9. The molecule has 20 heavy (non-hydrogen) atoms. The number of nitrogens with zero attached hydrogens (tertiary/aromatic N) is 1. The predicted octanol–water partition coefficient (Wildman–Crippen LogP) is 2.24. The lowest BCUT2D eigenvalue weighted by atomic mass is 10.1. The lowest BCUT2D eigenvalue weighted by molar-refractivity contribution is -0.386. The largest absolute Gasteiger partial charge is 0.483 e. The van der Waals surface area contributed by atoms with Crippen LogP contribution in [0, 0.1) is 10.1 Å². The van der Waals surface area contributed by atoms with Crippen LogP contribution >= 0.6 is 0 Å². The van der Waals surface area contributed by atoms with E-state index < -0.39 is 10.9 Å². The number of carbonyl (C=O) groups is 1. The molecule has 0 saturated carbocycles. The minimum Gasteiger partial charge on any atom is -0.483 e. The number of para-hydroxylation sites is 1. The van der Waals surface area contributed by atoms with Crippen molar-refractivity contribution < 1.29 is 24.3 Å². The summed E-state index contributed by atoms with van der Waals surface area (Å²) in [5, 5.41) is 20.0. The maximum atomic E-state index is 11.1. The third-order valence-corrected chi connectivity index (χ3v) is 3.15. The second-order valence-electron chi connectivity index (χ2n) is 4.67. The molecule has 7 nitrogen and oxygen atoms in total. The molecule has 0 radical (unpaired) electrons. The maximum Gasteiger partial charge on any atom is 0.339 e. The SMILES string of the molecule is CC1CCC(COc2c(C(=O)O)cccc2[N+](=O)[O-])O1. The third-order valence-electron chi connectivity index (χ3n) is 3.15. The first kappa shape index (κ1) is 14.3. The van der Waals surface area contributed by atoms with Crippen LogP contribution < -0.4 is 4.74 Å². The Morgan fingerprint density at radius 1 is 1.55 bits per heavy atom. The summed E-state index contributed by atoms with van der Waals surface area (Å²) in [6.45, 7) is 2.04. The maximum absolute atomic E-state index is 11.1. The Bertz CT molecular complexity index is 497. The van der Waals surface area contributed by atoms with Crippen LogP contribution in [0.15, 0.2) is 18.2 Å². The van der Waals surface area contributed by atoms with E-state index in [9.17, 15) is 14.9 Å². The minimum absolute atomic E-state index is 0.107. The van der Waals surface area contributed by atoms with E-state index in [0.29, 0.717) is 0 Å². The molecule has 0 amide bonds. The summed E-state index contributed by atoms with van der Waals surface area (Å²) in [5.41, 5.74) is -0.568. The summed E-state index contributed by atoms with van der Waals surface area (Å²) in [5.74, 6) is -1.47. The fourth-order valence-electron chi connectivity index (χ4n) is 2.17. The molecule has 7 heteroatoms. The zero-order valence-electron chi connectivity index (χ0n) is 10.9. The van der Waals surface area contributed by atoms with Crippen LogP contribution in [-0.2, 0) is 4.74 Å². The Morgan fingerprint density at radius 3 is 2.85 bits per heavy atom. The zero-order chi connectivity index (χ0) is 14.7. The van der Waals surface area contributed by atoms with Crippen LogP contribution in [0.1, 0.15) is 30.1 Å². The first-order chi connectivity index (χ1) is 9.49. The van der Waals surface area contributed by atoms with Gasteiger partial charge in [0.15, 0.2) is 0 Å². The number of carboxylic acids is 1. The Labute approximate surface area is 115 Å². The Morgan fingerprint density at radius 2 is 2.30 bits per heavy atom. The standard InChI is InChI=1S/C13H15NO6/c1-8-5-6-9(20-8)7-19-12-10(13(15)16)3-2-4-11(12)14(17)18/h2-4,8-9H,5-7H2,1H3,(H,15,16). The molecule has 2 rings (SSSR count). The molecule has 0 spiro atoms. The summed E-state index contributed by atoms with van der Waals surface area (Å²) in [6.07, 6.45) is 1.67. The van der Waals surface area contributed by atoms with Gasteiger partial charge in [-0.2, -0.15) is 0 Å². The quantitative estimate of drug-likeness (QED) is 0.656. The lowest BCUT2D eigenvalue weighted by Crippen LogP contribution is -2.19. The summed E-state index contributed by atoms with van der Waals surface area (Å²) in [4.78, 5) is 21.4. The highest BCUT2D eigenvalue weighted by Gasteiger charge is 2.26. The smallest absolute Gasteiger partial charge is 0.339 e. The number of nitro benzene ring substituents is 1. The summed E-state index contributed by atoms with van der Waals surface area (Å²) in [7, 11) is 0. The van der Waals surface area contributed by atoms with E-state index in [2.05, 4.69) is 0 Å². The van der Waals surface area contributed by atoms with Crippen molar-refractivity contribution in [2.24, 2.45) is 0 Å². The fourth-order valence-corrected chi connectivity index (χ4v) is 2.17. The van der Waals surface area contributed by atoms with Crippen LogP contribution in [0.5, 0.6) is 5.75 Å². The highest BCUT2D eigenvalue weighted by molar-refractivity contribution is 5.92. The van der Waals surface area contributed by atoms with Crippen molar-refractivity contribution in [2.75, 3.05) is 6.61 Å². The number of ether oxygens (including phenoxy) is 2. The number of aromatic carboxylic acids is 1.